The molecule has 2 radical (unpaired) electrons. The van der Waals surface area contributed by atoms with Gasteiger partial charge in [0.15, 0.2) is 13.6 Å². The van der Waals surface area contributed by atoms with E-state index in [2.05, 4.69) is 14.5 Å². The second-order valence-corrected chi connectivity index (χ2v) is 4.08. The predicted molar refractivity (Wildman–Crippen MR) is 56.3 cm³/mol. The van der Waals surface area contributed by atoms with E-state index in [9.17, 15) is 4.79 Å². The summed E-state index contributed by atoms with van der Waals surface area (Å²) in [7, 11) is 5.35. The summed E-state index contributed by atoms with van der Waals surface area (Å²) in [4.78, 5) is 11.2. The van der Waals surface area contributed by atoms with E-state index in [4.69, 9.17) is 24.1 Å². The molecule has 1 fully saturated rings. The van der Waals surface area contributed by atoms with Gasteiger partial charge in [0.05, 0.1) is 5.92 Å². The first-order valence-electron chi connectivity index (χ1n) is 5.12. The number of carbonyl (C=O) groups is 1. The molecule has 1 heterocycles. The van der Waals surface area contributed by atoms with Crippen LogP contribution in [-0.2, 0) is 9.08 Å². The first kappa shape index (κ1) is 11.5. The SMILES string of the molecule is [B]c1nnc(C2CCC(C(=O)OCl)CC2)o1. The van der Waals surface area contributed by atoms with Gasteiger partial charge in [-0.15, -0.1) is 10.2 Å². The van der Waals surface area contributed by atoms with Crippen LogP contribution < -0.4 is 5.79 Å². The first-order chi connectivity index (χ1) is 7.70. The van der Waals surface area contributed by atoms with Gasteiger partial charge in [-0.05, 0) is 25.7 Å². The van der Waals surface area contributed by atoms with E-state index in [1.165, 1.54) is 0 Å². The smallest absolute Gasteiger partial charge is 0.327 e. The van der Waals surface area contributed by atoms with Gasteiger partial charge >= 0.3 is 5.97 Å². The fourth-order valence-corrected chi connectivity index (χ4v) is 2.18. The van der Waals surface area contributed by atoms with Crippen molar-refractivity contribution in [2.75, 3.05) is 0 Å². The highest BCUT2D eigenvalue weighted by Crippen LogP contribution is 2.35. The van der Waals surface area contributed by atoms with Crippen molar-refractivity contribution < 1.29 is 13.5 Å². The summed E-state index contributed by atoms with van der Waals surface area (Å²) >= 11 is 5.04. The highest BCUT2D eigenvalue weighted by molar-refractivity contribution is 6.27. The standard InChI is InChI=1S/C9H10BClN2O3/c10-9-13-12-7(15-9)5-1-3-6(4-2-5)8(14)16-11/h5-6H,1-4H2. The van der Waals surface area contributed by atoms with E-state index < -0.39 is 0 Å². The highest BCUT2D eigenvalue weighted by atomic mass is 35.5. The molecule has 0 atom stereocenters. The molecule has 0 unspecified atom stereocenters. The lowest BCUT2D eigenvalue weighted by molar-refractivity contribution is -0.139. The second kappa shape index (κ2) is 4.87. The molecule has 1 saturated carbocycles. The summed E-state index contributed by atoms with van der Waals surface area (Å²) < 4.78 is 9.35. The second-order valence-electron chi connectivity index (χ2n) is 3.92. The first-order valence-corrected chi connectivity index (χ1v) is 5.43. The largest absolute Gasteiger partial charge is 0.437 e. The molecule has 1 aliphatic rings. The van der Waals surface area contributed by atoms with Crippen LogP contribution in [0.1, 0.15) is 37.5 Å². The Hall–Kier alpha value is -1.04. The Labute approximate surface area is 99.1 Å². The van der Waals surface area contributed by atoms with Gasteiger partial charge in [-0.1, -0.05) is 0 Å². The van der Waals surface area contributed by atoms with Crippen LogP contribution in [0.25, 0.3) is 0 Å². The van der Waals surface area contributed by atoms with E-state index in [0.29, 0.717) is 5.89 Å². The minimum atomic E-state index is -0.356. The third-order valence-electron chi connectivity index (χ3n) is 2.94. The minimum absolute atomic E-state index is 0.0808. The van der Waals surface area contributed by atoms with Crippen LogP contribution >= 0.6 is 11.9 Å². The number of halogens is 1. The maximum absolute atomic E-state index is 11.2. The van der Waals surface area contributed by atoms with Gasteiger partial charge in [0, 0.05) is 5.92 Å². The van der Waals surface area contributed by atoms with Gasteiger partial charge in [-0.2, -0.15) is 0 Å². The normalized spacial score (nSPS) is 25.3. The molecule has 5 nitrogen and oxygen atoms in total. The van der Waals surface area contributed by atoms with Gasteiger partial charge in [-0.25, -0.2) is 0 Å². The maximum Gasteiger partial charge on any atom is 0.327 e. The fraction of sp³-hybridized carbons (Fsp3) is 0.667. The topological polar surface area (TPSA) is 65.2 Å². The van der Waals surface area contributed by atoms with Crippen molar-refractivity contribution in [3.05, 3.63) is 5.89 Å². The summed E-state index contributed by atoms with van der Waals surface area (Å²) in [5, 5.41) is 7.46. The zero-order valence-corrected chi connectivity index (χ0v) is 9.31. The number of aromatic nitrogens is 2. The van der Waals surface area contributed by atoms with Crippen molar-refractivity contribution in [1.29, 1.82) is 0 Å². The number of rotatable bonds is 2. The quantitative estimate of drug-likeness (QED) is 0.717. The van der Waals surface area contributed by atoms with Crippen LogP contribution in [0.3, 0.4) is 0 Å². The molecule has 1 aliphatic carbocycles. The van der Waals surface area contributed by atoms with Crippen molar-refractivity contribution in [1.82, 2.24) is 10.2 Å². The summed E-state index contributed by atoms with van der Waals surface area (Å²) in [5.41, 5.74) is 0. The van der Waals surface area contributed by atoms with Crippen molar-refractivity contribution >= 4 is 31.5 Å². The summed E-state index contributed by atoms with van der Waals surface area (Å²) in [5.74, 6) is 0.343. The Bertz CT molecular complexity index is 377. The molecule has 0 saturated heterocycles. The summed E-state index contributed by atoms with van der Waals surface area (Å²) in [6.07, 6.45) is 3.05. The van der Waals surface area contributed by atoms with Crippen LogP contribution in [0.5, 0.6) is 0 Å². The predicted octanol–water partition coefficient (Wildman–Crippen LogP) is 0.834. The molecule has 1 aromatic rings. The molecule has 2 rings (SSSR count). The Morgan fingerprint density at radius 3 is 2.56 bits per heavy atom. The third kappa shape index (κ3) is 2.37. The zero-order chi connectivity index (χ0) is 11.5. The number of nitrogens with zero attached hydrogens (tertiary/aromatic N) is 2. The van der Waals surface area contributed by atoms with Crippen LogP contribution in [0.2, 0.25) is 0 Å². The number of hydrogen-bond acceptors (Lipinski definition) is 5. The molecule has 7 heteroatoms. The average molecular weight is 240 g/mol. The molecule has 0 aliphatic heterocycles. The molecule has 16 heavy (non-hydrogen) atoms. The third-order valence-corrected chi connectivity index (χ3v) is 3.09. The van der Waals surface area contributed by atoms with E-state index in [1.807, 2.05) is 0 Å². The lowest BCUT2D eigenvalue weighted by Gasteiger charge is -2.23. The van der Waals surface area contributed by atoms with Gasteiger partial charge in [0.25, 0.3) is 0 Å². The molecule has 1 aromatic heterocycles. The zero-order valence-electron chi connectivity index (χ0n) is 8.56. The monoisotopic (exact) mass is 240 g/mol. The molecule has 0 N–H and O–H groups in total. The van der Waals surface area contributed by atoms with Gasteiger partial charge in [-0.3, -0.25) is 4.79 Å². The average Bonchev–Trinajstić information content (AvgIpc) is 2.75. The van der Waals surface area contributed by atoms with Gasteiger partial charge in [0.1, 0.15) is 11.9 Å². The molecule has 0 aromatic carbocycles. The molecular formula is C9H10BClN2O3. The molecule has 84 valence electrons. The van der Waals surface area contributed by atoms with E-state index in [0.717, 1.165) is 25.7 Å². The molecule has 0 spiro atoms. The van der Waals surface area contributed by atoms with Crippen LogP contribution in [-0.4, -0.2) is 24.0 Å². The van der Waals surface area contributed by atoms with Crippen LogP contribution in [0, 0.1) is 5.92 Å². The lowest BCUT2D eigenvalue weighted by Crippen LogP contribution is -2.21. The Morgan fingerprint density at radius 2 is 2.06 bits per heavy atom. The van der Waals surface area contributed by atoms with Gasteiger partial charge in [0.2, 0.25) is 5.89 Å². The van der Waals surface area contributed by atoms with E-state index in [1.54, 1.807) is 0 Å². The summed E-state index contributed by atoms with van der Waals surface area (Å²) in [6, 6.07) is 0. The lowest BCUT2D eigenvalue weighted by atomic mass is 9.82. The van der Waals surface area contributed by atoms with Crippen molar-refractivity contribution in [3.63, 3.8) is 0 Å². The van der Waals surface area contributed by atoms with Crippen LogP contribution in [0.4, 0.5) is 0 Å². The molecular weight excluding hydrogens is 230 g/mol. The van der Waals surface area contributed by atoms with Crippen LogP contribution in [0.15, 0.2) is 4.42 Å². The maximum atomic E-state index is 11.2. The van der Waals surface area contributed by atoms with E-state index >= 15 is 0 Å². The fourth-order valence-electron chi connectivity index (χ4n) is 2.05. The van der Waals surface area contributed by atoms with Gasteiger partial charge < -0.3 is 8.71 Å². The number of hydrogen-bond donors (Lipinski definition) is 0. The Morgan fingerprint density at radius 1 is 1.38 bits per heavy atom. The molecule has 0 amide bonds. The Kier molecular flexibility index (Phi) is 3.48. The van der Waals surface area contributed by atoms with Crippen molar-refractivity contribution in [2.45, 2.75) is 31.6 Å². The Balaban J connectivity index is 1.92. The summed E-state index contributed by atoms with van der Waals surface area (Å²) in [6.45, 7) is 0. The highest BCUT2D eigenvalue weighted by Gasteiger charge is 2.30. The minimum Gasteiger partial charge on any atom is -0.437 e. The van der Waals surface area contributed by atoms with Crippen molar-refractivity contribution in [3.8, 4) is 0 Å². The number of carbonyl (C=O) groups excluding carboxylic acids is 1. The van der Waals surface area contributed by atoms with E-state index in [-0.39, 0.29) is 23.6 Å². The van der Waals surface area contributed by atoms with Crippen molar-refractivity contribution in [2.24, 2.45) is 5.92 Å². The molecule has 0 bridgehead atoms.